The van der Waals surface area contributed by atoms with Crippen molar-refractivity contribution in [2.75, 3.05) is 19.6 Å². The molecule has 14 heavy (non-hydrogen) atoms. The summed E-state index contributed by atoms with van der Waals surface area (Å²) in [7, 11) is 0. The Kier molecular flexibility index (Phi) is 5.41. The average molecular weight is 214 g/mol. The maximum Gasteiger partial charge on any atom is 0.0727 e. The Morgan fingerprint density at radius 2 is 2.00 bits per heavy atom. The lowest BCUT2D eigenvalue weighted by Gasteiger charge is -2.30. The lowest BCUT2D eigenvalue weighted by Crippen LogP contribution is -2.33. The van der Waals surface area contributed by atoms with E-state index < -0.39 is 0 Å². The van der Waals surface area contributed by atoms with Crippen LogP contribution in [-0.2, 0) is 0 Å². The van der Waals surface area contributed by atoms with Crippen LogP contribution in [0.4, 0.5) is 0 Å². The zero-order valence-electron chi connectivity index (χ0n) is 9.17. The molecular formula is C11H22N2S. The Morgan fingerprint density at radius 3 is 2.57 bits per heavy atom. The van der Waals surface area contributed by atoms with E-state index in [0.717, 1.165) is 18.8 Å². The van der Waals surface area contributed by atoms with Gasteiger partial charge in [-0.05, 0) is 57.7 Å². The number of thiocarbonyl (C=S) groups is 1. The summed E-state index contributed by atoms with van der Waals surface area (Å²) >= 11 is 4.84. The third kappa shape index (κ3) is 4.91. The summed E-state index contributed by atoms with van der Waals surface area (Å²) in [5, 5.41) is 0. The van der Waals surface area contributed by atoms with Gasteiger partial charge in [-0.15, -0.1) is 0 Å². The summed E-state index contributed by atoms with van der Waals surface area (Å²) < 4.78 is 0. The molecule has 0 spiro atoms. The summed E-state index contributed by atoms with van der Waals surface area (Å²) in [6.45, 7) is 6.15. The molecule has 0 atom stereocenters. The van der Waals surface area contributed by atoms with Crippen molar-refractivity contribution in [2.45, 2.75) is 39.0 Å². The fourth-order valence-corrected chi connectivity index (χ4v) is 2.06. The van der Waals surface area contributed by atoms with Gasteiger partial charge in [0.25, 0.3) is 0 Å². The minimum Gasteiger partial charge on any atom is -0.393 e. The maximum atomic E-state index is 5.45. The molecule has 1 saturated heterocycles. The van der Waals surface area contributed by atoms with Gasteiger partial charge in [0, 0.05) is 0 Å². The Hall–Kier alpha value is -0.150. The molecule has 0 radical (unpaired) electrons. The molecule has 2 nitrogen and oxygen atoms in total. The normalized spacial score (nSPS) is 19.8. The highest BCUT2D eigenvalue weighted by Gasteiger charge is 2.14. The molecule has 0 saturated carbocycles. The minimum absolute atomic E-state index is 0.664. The third-order valence-corrected chi connectivity index (χ3v) is 3.23. The van der Waals surface area contributed by atoms with Crippen LogP contribution in [0.25, 0.3) is 0 Å². The molecule has 1 heterocycles. The van der Waals surface area contributed by atoms with Crippen molar-refractivity contribution in [2.24, 2.45) is 11.7 Å². The lowest BCUT2D eigenvalue weighted by atomic mass is 9.99. The number of likely N-dealkylation sites (tertiary alicyclic amines) is 1. The van der Waals surface area contributed by atoms with Gasteiger partial charge in [0.15, 0.2) is 0 Å². The van der Waals surface area contributed by atoms with E-state index in [-0.39, 0.29) is 0 Å². The van der Waals surface area contributed by atoms with E-state index in [9.17, 15) is 0 Å². The molecule has 1 rings (SSSR count). The Bertz CT molecular complexity index is 174. The van der Waals surface area contributed by atoms with Crippen LogP contribution in [0, 0.1) is 5.92 Å². The number of nitrogens with two attached hydrogens (primary N) is 1. The minimum atomic E-state index is 0.664. The van der Waals surface area contributed by atoms with Crippen LogP contribution < -0.4 is 5.73 Å². The van der Waals surface area contributed by atoms with Crippen molar-refractivity contribution in [3.8, 4) is 0 Å². The van der Waals surface area contributed by atoms with E-state index in [1.54, 1.807) is 0 Å². The van der Waals surface area contributed by atoms with E-state index in [1.807, 2.05) is 0 Å². The van der Waals surface area contributed by atoms with E-state index in [1.165, 1.54) is 38.9 Å². The highest BCUT2D eigenvalue weighted by molar-refractivity contribution is 7.80. The first-order chi connectivity index (χ1) is 6.68. The second-order valence-electron chi connectivity index (χ2n) is 4.45. The van der Waals surface area contributed by atoms with Gasteiger partial charge < -0.3 is 10.6 Å². The number of piperidine rings is 1. The molecule has 0 aromatic carbocycles. The Morgan fingerprint density at radius 1 is 1.36 bits per heavy atom. The van der Waals surface area contributed by atoms with Gasteiger partial charge in [0.1, 0.15) is 0 Å². The van der Waals surface area contributed by atoms with Crippen molar-refractivity contribution < 1.29 is 0 Å². The highest BCUT2D eigenvalue weighted by atomic mass is 32.1. The summed E-state index contributed by atoms with van der Waals surface area (Å²) in [5.74, 6) is 0.933. The van der Waals surface area contributed by atoms with Gasteiger partial charge in [0.2, 0.25) is 0 Å². The van der Waals surface area contributed by atoms with E-state index >= 15 is 0 Å². The molecule has 2 N–H and O–H groups in total. The molecule has 3 heteroatoms. The topological polar surface area (TPSA) is 29.3 Å². The first kappa shape index (κ1) is 11.9. The fraction of sp³-hybridized carbons (Fsp3) is 0.909. The predicted molar refractivity (Wildman–Crippen MR) is 65.5 cm³/mol. The molecule has 1 fully saturated rings. The van der Waals surface area contributed by atoms with Crippen LogP contribution in [0.1, 0.15) is 39.0 Å². The summed E-state index contributed by atoms with van der Waals surface area (Å²) in [5.41, 5.74) is 5.45. The van der Waals surface area contributed by atoms with Crippen LogP contribution in [0.3, 0.4) is 0 Å². The largest absolute Gasteiger partial charge is 0.393 e. The zero-order valence-corrected chi connectivity index (χ0v) is 9.98. The van der Waals surface area contributed by atoms with Gasteiger partial charge in [0.05, 0.1) is 4.99 Å². The van der Waals surface area contributed by atoms with Gasteiger partial charge in [-0.25, -0.2) is 0 Å². The van der Waals surface area contributed by atoms with Crippen LogP contribution in [-0.4, -0.2) is 29.5 Å². The van der Waals surface area contributed by atoms with Gasteiger partial charge in [-0.1, -0.05) is 19.1 Å². The second-order valence-corrected chi connectivity index (χ2v) is 4.97. The number of nitrogens with zero attached hydrogens (tertiary/aromatic N) is 1. The van der Waals surface area contributed by atoms with Gasteiger partial charge in [-0.2, -0.15) is 0 Å². The second kappa shape index (κ2) is 6.36. The number of unbranched alkanes of at least 4 members (excludes halogenated alkanes) is 1. The average Bonchev–Trinajstić information content (AvgIpc) is 2.15. The number of rotatable bonds is 5. The van der Waals surface area contributed by atoms with Crippen molar-refractivity contribution in [1.29, 1.82) is 0 Å². The molecule has 0 amide bonds. The quantitative estimate of drug-likeness (QED) is 0.562. The van der Waals surface area contributed by atoms with E-state index in [2.05, 4.69) is 11.8 Å². The standard InChI is InChI=1S/C11H22N2S/c1-10-5-8-13(9-6-10)7-3-2-4-11(12)14/h10H,2-9H2,1H3,(H2,12,14). The van der Waals surface area contributed by atoms with Crippen LogP contribution in [0.5, 0.6) is 0 Å². The molecule has 1 aliphatic rings. The van der Waals surface area contributed by atoms with Crippen LogP contribution >= 0.6 is 12.2 Å². The summed E-state index contributed by atoms with van der Waals surface area (Å²) in [6, 6.07) is 0. The van der Waals surface area contributed by atoms with Crippen LogP contribution in [0.2, 0.25) is 0 Å². The number of hydrogen-bond donors (Lipinski definition) is 1. The predicted octanol–water partition coefficient (Wildman–Crippen LogP) is 2.17. The summed E-state index contributed by atoms with van der Waals surface area (Å²) in [4.78, 5) is 3.23. The molecule has 0 aromatic rings. The Balaban J connectivity index is 1.99. The Labute approximate surface area is 92.8 Å². The highest BCUT2D eigenvalue weighted by Crippen LogP contribution is 2.16. The monoisotopic (exact) mass is 214 g/mol. The summed E-state index contributed by atoms with van der Waals surface area (Å²) in [6.07, 6.45) is 6.05. The molecule has 1 aliphatic heterocycles. The van der Waals surface area contributed by atoms with Crippen molar-refractivity contribution in [1.82, 2.24) is 4.90 Å². The van der Waals surface area contributed by atoms with Crippen LogP contribution in [0.15, 0.2) is 0 Å². The molecule has 0 aliphatic carbocycles. The van der Waals surface area contributed by atoms with Crippen molar-refractivity contribution in [3.05, 3.63) is 0 Å². The first-order valence-corrected chi connectivity index (χ1v) is 6.10. The van der Waals surface area contributed by atoms with Crippen molar-refractivity contribution in [3.63, 3.8) is 0 Å². The van der Waals surface area contributed by atoms with Gasteiger partial charge in [-0.3, -0.25) is 0 Å². The van der Waals surface area contributed by atoms with Gasteiger partial charge >= 0.3 is 0 Å². The maximum absolute atomic E-state index is 5.45. The fourth-order valence-electron chi connectivity index (χ4n) is 1.92. The zero-order chi connectivity index (χ0) is 10.4. The molecule has 0 unspecified atom stereocenters. The number of hydrogen-bond acceptors (Lipinski definition) is 2. The molecular weight excluding hydrogens is 192 g/mol. The van der Waals surface area contributed by atoms with E-state index in [0.29, 0.717) is 4.99 Å². The molecule has 0 bridgehead atoms. The first-order valence-electron chi connectivity index (χ1n) is 5.69. The molecule has 0 aromatic heterocycles. The van der Waals surface area contributed by atoms with E-state index in [4.69, 9.17) is 18.0 Å². The van der Waals surface area contributed by atoms with Crippen molar-refractivity contribution >= 4 is 17.2 Å². The SMILES string of the molecule is CC1CCN(CCCCC(N)=S)CC1. The molecule has 82 valence electrons. The smallest absolute Gasteiger partial charge is 0.0727 e. The third-order valence-electron chi connectivity index (χ3n) is 3.02. The lowest BCUT2D eigenvalue weighted by molar-refractivity contribution is 0.190.